The number of aromatic hydroxyl groups is 1. The monoisotopic (exact) mass is 520 g/mol. The van der Waals surface area contributed by atoms with Crippen LogP contribution in [0.15, 0.2) is 63.8 Å². The Hall–Kier alpha value is -4.31. The van der Waals surface area contributed by atoms with Gasteiger partial charge >= 0.3 is 5.97 Å². The summed E-state index contributed by atoms with van der Waals surface area (Å²) in [5, 5.41) is 25.9. The molecular formula is C27H24N2O7S. The van der Waals surface area contributed by atoms with E-state index in [-0.39, 0.29) is 63.1 Å². The second-order valence-electron chi connectivity index (χ2n) is 8.64. The van der Waals surface area contributed by atoms with Crippen molar-refractivity contribution in [3.05, 3.63) is 70.4 Å². The fraction of sp³-hybridized carbons (Fsp3) is 0.185. The lowest BCUT2D eigenvalue weighted by Crippen LogP contribution is -2.31. The van der Waals surface area contributed by atoms with Crippen LogP contribution in [-0.2, 0) is 9.59 Å². The van der Waals surface area contributed by atoms with Crippen LogP contribution in [0.2, 0.25) is 0 Å². The first-order valence-corrected chi connectivity index (χ1v) is 12.5. The predicted octanol–water partition coefficient (Wildman–Crippen LogP) is 4.16. The number of benzene rings is 3. The number of thioether (sulfide) groups is 1. The van der Waals surface area contributed by atoms with Crippen molar-refractivity contribution in [3.8, 4) is 28.2 Å². The van der Waals surface area contributed by atoms with E-state index in [2.05, 4.69) is 10.6 Å². The number of phenols is 1. The molecule has 1 heterocycles. The smallest absolute Gasteiger partial charge is 0.336 e. The van der Waals surface area contributed by atoms with Gasteiger partial charge < -0.3 is 25.3 Å². The summed E-state index contributed by atoms with van der Waals surface area (Å²) in [6.07, 6.45) is 0. The number of carboxylic acid groups (broad SMARTS) is 1. The summed E-state index contributed by atoms with van der Waals surface area (Å²) in [5.74, 6) is -1.41. The Kier molecular flexibility index (Phi) is 7.49. The summed E-state index contributed by atoms with van der Waals surface area (Å²) in [5.41, 5.74) is 1.59. The Morgan fingerprint density at radius 2 is 1.68 bits per heavy atom. The van der Waals surface area contributed by atoms with Crippen LogP contribution >= 0.6 is 11.8 Å². The maximum absolute atomic E-state index is 12.4. The third-order valence-corrected chi connectivity index (χ3v) is 6.33. The molecule has 2 amide bonds. The molecule has 9 nitrogen and oxygen atoms in total. The Bertz CT molecular complexity index is 1540. The first-order chi connectivity index (χ1) is 17.6. The minimum Gasteiger partial charge on any atom is -0.508 e. The van der Waals surface area contributed by atoms with Gasteiger partial charge in [-0.05, 0) is 55.8 Å². The lowest BCUT2D eigenvalue weighted by molar-refractivity contribution is -0.119. The lowest BCUT2D eigenvalue weighted by atomic mass is 9.90. The SMILES string of the molecule is CC(C)NC(=O)CSCC(=O)Nc1ccc(-c2c3ccc(=O)cc-3oc3cc(O)ccc23)c(C(=O)O)c1. The van der Waals surface area contributed by atoms with Crippen LogP contribution in [0.1, 0.15) is 24.2 Å². The van der Waals surface area contributed by atoms with E-state index in [1.807, 2.05) is 13.8 Å². The van der Waals surface area contributed by atoms with Crippen molar-refractivity contribution in [2.75, 3.05) is 16.8 Å². The number of carbonyl (C=O) groups is 3. The summed E-state index contributed by atoms with van der Waals surface area (Å²) in [4.78, 5) is 48.4. The van der Waals surface area contributed by atoms with Crippen molar-refractivity contribution in [1.29, 1.82) is 0 Å². The highest BCUT2D eigenvalue weighted by molar-refractivity contribution is 8.00. The molecule has 0 bridgehead atoms. The molecule has 0 saturated heterocycles. The molecule has 0 aromatic heterocycles. The zero-order chi connectivity index (χ0) is 26.7. The van der Waals surface area contributed by atoms with Crippen molar-refractivity contribution >= 4 is 46.2 Å². The van der Waals surface area contributed by atoms with Crippen LogP contribution < -0.4 is 16.1 Å². The van der Waals surface area contributed by atoms with E-state index in [0.717, 1.165) is 11.8 Å². The van der Waals surface area contributed by atoms with E-state index in [1.165, 1.54) is 30.3 Å². The van der Waals surface area contributed by atoms with Gasteiger partial charge in [0.25, 0.3) is 0 Å². The normalized spacial score (nSPS) is 11.1. The van der Waals surface area contributed by atoms with E-state index < -0.39 is 5.97 Å². The molecule has 2 aliphatic rings. The Balaban J connectivity index is 1.68. The Morgan fingerprint density at radius 1 is 0.946 bits per heavy atom. The highest BCUT2D eigenvalue weighted by Crippen LogP contribution is 2.42. The van der Waals surface area contributed by atoms with Crippen molar-refractivity contribution in [2.45, 2.75) is 19.9 Å². The van der Waals surface area contributed by atoms with Crippen molar-refractivity contribution < 1.29 is 29.0 Å². The first-order valence-electron chi connectivity index (χ1n) is 11.4. The number of hydrogen-bond donors (Lipinski definition) is 4. The van der Waals surface area contributed by atoms with Crippen molar-refractivity contribution in [2.24, 2.45) is 0 Å². The number of aromatic carboxylic acids is 1. The maximum atomic E-state index is 12.4. The summed E-state index contributed by atoms with van der Waals surface area (Å²) in [6, 6.07) is 13.2. The number of rotatable bonds is 8. The summed E-state index contributed by atoms with van der Waals surface area (Å²) in [6.45, 7) is 3.69. The van der Waals surface area contributed by atoms with Crippen LogP contribution in [0.25, 0.3) is 33.4 Å². The van der Waals surface area contributed by atoms with Gasteiger partial charge in [0.15, 0.2) is 5.43 Å². The van der Waals surface area contributed by atoms with Gasteiger partial charge in [0, 0.05) is 40.4 Å². The van der Waals surface area contributed by atoms with Crippen LogP contribution in [0.5, 0.6) is 5.75 Å². The molecule has 0 radical (unpaired) electrons. The minimum atomic E-state index is -1.22. The quantitative estimate of drug-likeness (QED) is 0.253. The molecule has 0 fully saturated rings. The van der Waals surface area contributed by atoms with Crippen molar-refractivity contribution in [3.63, 3.8) is 0 Å². The molecule has 2 aromatic rings. The topological polar surface area (TPSA) is 146 Å². The fourth-order valence-corrected chi connectivity index (χ4v) is 4.59. The van der Waals surface area contributed by atoms with E-state index in [4.69, 9.17) is 4.42 Å². The maximum Gasteiger partial charge on any atom is 0.336 e. The average Bonchev–Trinajstić information content (AvgIpc) is 2.82. The zero-order valence-electron chi connectivity index (χ0n) is 20.0. The largest absolute Gasteiger partial charge is 0.508 e. The van der Waals surface area contributed by atoms with Crippen LogP contribution in [0, 0.1) is 0 Å². The molecule has 4 rings (SSSR count). The molecule has 1 aliphatic heterocycles. The zero-order valence-corrected chi connectivity index (χ0v) is 20.8. The average molecular weight is 521 g/mol. The molecule has 0 saturated carbocycles. The van der Waals surface area contributed by atoms with Gasteiger partial charge in [-0.1, -0.05) is 6.07 Å². The number of carboxylic acids is 1. The van der Waals surface area contributed by atoms with Gasteiger partial charge in [-0.2, -0.15) is 0 Å². The number of hydrogen-bond acceptors (Lipinski definition) is 7. The molecule has 190 valence electrons. The second kappa shape index (κ2) is 10.8. The number of carbonyl (C=O) groups excluding carboxylic acids is 2. The van der Waals surface area contributed by atoms with Gasteiger partial charge in [0.05, 0.1) is 17.1 Å². The van der Waals surface area contributed by atoms with E-state index >= 15 is 0 Å². The second-order valence-corrected chi connectivity index (χ2v) is 9.63. The summed E-state index contributed by atoms with van der Waals surface area (Å²) >= 11 is 1.15. The molecule has 10 heteroatoms. The number of fused-ring (bicyclic) bond motifs is 2. The molecule has 4 N–H and O–H groups in total. The van der Waals surface area contributed by atoms with Gasteiger partial charge in [0.2, 0.25) is 11.8 Å². The van der Waals surface area contributed by atoms with Gasteiger partial charge in [0.1, 0.15) is 17.1 Å². The minimum absolute atomic E-state index is 0.00968. The summed E-state index contributed by atoms with van der Waals surface area (Å²) in [7, 11) is 0. The van der Waals surface area contributed by atoms with E-state index in [0.29, 0.717) is 22.1 Å². The van der Waals surface area contributed by atoms with Crippen LogP contribution in [0.4, 0.5) is 5.69 Å². The third-order valence-electron chi connectivity index (χ3n) is 5.40. The predicted molar refractivity (Wildman–Crippen MR) is 142 cm³/mol. The summed E-state index contributed by atoms with van der Waals surface area (Å²) < 4.78 is 5.83. The number of phenolic OH excluding ortho intramolecular Hbond substituents is 1. The molecule has 37 heavy (non-hydrogen) atoms. The Labute approximate surface area is 215 Å². The molecule has 1 aliphatic carbocycles. The highest BCUT2D eigenvalue weighted by Gasteiger charge is 2.22. The van der Waals surface area contributed by atoms with E-state index in [1.54, 1.807) is 24.3 Å². The van der Waals surface area contributed by atoms with Gasteiger partial charge in [-0.3, -0.25) is 14.4 Å². The standard InChI is InChI=1S/C27H24N2O7S/c1-14(2)28-24(32)12-37-13-25(33)29-15-3-6-18(21(9-15)27(34)35)26-19-7-4-16(30)10-22(19)36-23-11-17(31)5-8-20(23)26/h3-11,14,30H,12-13H2,1-2H3,(H,28,32)(H,29,33)(H,34,35). The number of nitrogens with one attached hydrogen (secondary N) is 2. The third kappa shape index (κ3) is 5.92. The van der Waals surface area contributed by atoms with Crippen LogP contribution in [0.3, 0.4) is 0 Å². The molecule has 2 aromatic carbocycles. The highest BCUT2D eigenvalue weighted by atomic mass is 32.2. The molecule has 0 unspecified atom stereocenters. The number of anilines is 1. The Morgan fingerprint density at radius 3 is 2.41 bits per heavy atom. The number of amides is 2. The van der Waals surface area contributed by atoms with Crippen LogP contribution in [-0.4, -0.2) is 45.5 Å². The van der Waals surface area contributed by atoms with Crippen molar-refractivity contribution in [1.82, 2.24) is 5.32 Å². The fourth-order valence-electron chi connectivity index (χ4n) is 3.96. The molecule has 0 spiro atoms. The lowest BCUT2D eigenvalue weighted by Gasteiger charge is -2.17. The molecular weight excluding hydrogens is 496 g/mol. The molecule has 0 atom stereocenters. The van der Waals surface area contributed by atoms with E-state index in [9.17, 15) is 29.4 Å². The first kappa shape index (κ1) is 25.8. The van der Waals surface area contributed by atoms with Gasteiger partial charge in [-0.15, -0.1) is 11.8 Å². The van der Waals surface area contributed by atoms with Gasteiger partial charge in [-0.25, -0.2) is 4.79 Å².